The average molecular weight is 412 g/mol. The molecule has 0 atom stereocenters. The Kier molecular flexibility index (Phi) is 4.55. The number of carbonyl (C=O) groups is 1. The molecule has 0 unspecified atom stereocenters. The summed E-state index contributed by atoms with van der Waals surface area (Å²) < 4.78 is 13.2. The van der Waals surface area contributed by atoms with Gasteiger partial charge in [-0.25, -0.2) is 9.78 Å². The van der Waals surface area contributed by atoms with Crippen molar-refractivity contribution in [2.75, 3.05) is 6.61 Å². The molecule has 5 aromatic rings. The van der Waals surface area contributed by atoms with Gasteiger partial charge in [0.1, 0.15) is 5.52 Å². The first-order valence-corrected chi connectivity index (χ1v) is 10.1. The molecule has 5 rings (SSSR count). The summed E-state index contributed by atoms with van der Waals surface area (Å²) in [6, 6.07) is 19.2. The maximum absolute atomic E-state index is 13.6. The number of nitrogens with zero attached hydrogens (tertiary/aromatic N) is 2. The SMILES string of the molecule is CCOC(=O)c1cc2c(=O)c3c(oc2nc1C)c1ccccc1n3Cc1ccccc1. The van der Waals surface area contributed by atoms with Crippen LogP contribution in [0.1, 0.15) is 28.5 Å². The summed E-state index contributed by atoms with van der Waals surface area (Å²) in [4.78, 5) is 30.4. The molecule has 0 N–H and O–H groups in total. The number of ether oxygens (including phenoxy) is 1. The number of carbonyl (C=O) groups excluding carboxylic acids is 1. The van der Waals surface area contributed by atoms with Crippen molar-refractivity contribution in [3.63, 3.8) is 0 Å². The van der Waals surface area contributed by atoms with Crippen LogP contribution in [0.5, 0.6) is 0 Å². The second-order valence-corrected chi connectivity index (χ2v) is 7.39. The third kappa shape index (κ3) is 3.08. The minimum absolute atomic E-state index is 0.214. The first-order valence-electron chi connectivity index (χ1n) is 10.1. The molecule has 6 heteroatoms. The molecule has 0 bridgehead atoms. The van der Waals surface area contributed by atoms with Gasteiger partial charge in [-0.15, -0.1) is 0 Å². The Morgan fingerprint density at radius 1 is 1.06 bits per heavy atom. The van der Waals surface area contributed by atoms with E-state index in [1.54, 1.807) is 13.8 Å². The van der Waals surface area contributed by atoms with Crippen molar-refractivity contribution in [1.29, 1.82) is 0 Å². The number of esters is 1. The first kappa shape index (κ1) is 19.1. The predicted octanol–water partition coefficient (Wildman–Crippen LogP) is 4.83. The molecule has 0 aliphatic rings. The van der Waals surface area contributed by atoms with E-state index in [4.69, 9.17) is 9.15 Å². The van der Waals surface area contributed by atoms with Crippen LogP contribution in [0.2, 0.25) is 0 Å². The number of fused-ring (bicyclic) bond motifs is 4. The Morgan fingerprint density at radius 2 is 1.81 bits per heavy atom. The Morgan fingerprint density at radius 3 is 2.58 bits per heavy atom. The van der Waals surface area contributed by atoms with Crippen molar-refractivity contribution in [1.82, 2.24) is 9.55 Å². The van der Waals surface area contributed by atoms with E-state index in [-0.39, 0.29) is 28.7 Å². The molecule has 0 amide bonds. The normalized spacial score (nSPS) is 11.4. The van der Waals surface area contributed by atoms with Gasteiger partial charge in [0.15, 0.2) is 5.58 Å². The van der Waals surface area contributed by atoms with Crippen LogP contribution in [0, 0.1) is 6.92 Å². The lowest BCUT2D eigenvalue weighted by Gasteiger charge is -2.08. The summed E-state index contributed by atoms with van der Waals surface area (Å²) in [6.45, 7) is 4.20. The molecule has 0 aliphatic carbocycles. The zero-order valence-corrected chi connectivity index (χ0v) is 17.2. The zero-order valence-electron chi connectivity index (χ0n) is 17.2. The minimum Gasteiger partial charge on any atom is -0.462 e. The Balaban J connectivity index is 1.85. The van der Waals surface area contributed by atoms with Crippen LogP contribution in [0.3, 0.4) is 0 Å². The van der Waals surface area contributed by atoms with Gasteiger partial charge in [-0.2, -0.15) is 0 Å². The minimum atomic E-state index is -0.501. The van der Waals surface area contributed by atoms with Gasteiger partial charge in [0.05, 0.1) is 28.8 Å². The summed E-state index contributed by atoms with van der Waals surface area (Å²) >= 11 is 0. The summed E-state index contributed by atoms with van der Waals surface area (Å²) in [7, 11) is 0. The lowest BCUT2D eigenvalue weighted by Crippen LogP contribution is -2.13. The Hall–Kier alpha value is -3.93. The molecule has 31 heavy (non-hydrogen) atoms. The highest BCUT2D eigenvalue weighted by atomic mass is 16.5. The zero-order chi connectivity index (χ0) is 21.5. The van der Waals surface area contributed by atoms with Crippen molar-refractivity contribution in [2.45, 2.75) is 20.4 Å². The van der Waals surface area contributed by atoms with E-state index in [0.717, 1.165) is 16.5 Å². The van der Waals surface area contributed by atoms with Crippen molar-refractivity contribution in [2.24, 2.45) is 0 Å². The van der Waals surface area contributed by atoms with E-state index < -0.39 is 5.97 Å². The number of aryl methyl sites for hydroxylation is 1. The van der Waals surface area contributed by atoms with Crippen LogP contribution in [-0.4, -0.2) is 22.1 Å². The fourth-order valence-corrected chi connectivity index (χ4v) is 3.99. The van der Waals surface area contributed by atoms with E-state index in [2.05, 4.69) is 4.98 Å². The van der Waals surface area contributed by atoms with Gasteiger partial charge in [-0.3, -0.25) is 4.79 Å². The smallest absolute Gasteiger partial charge is 0.339 e. The van der Waals surface area contributed by atoms with E-state index >= 15 is 0 Å². The Labute approximate surface area is 177 Å². The van der Waals surface area contributed by atoms with Gasteiger partial charge in [0, 0.05) is 11.9 Å². The number of aromatic nitrogens is 2. The number of para-hydroxylation sites is 1. The third-order valence-corrected chi connectivity index (χ3v) is 5.44. The van der Waals surface area contributed by atoms with Crippen molar-refractivity contribution < 1.29 is 13.9 Å². The van der Waals surface area contributed by atoms with E-state index in [9.17, 15) is 9.59 Å². The highest BCUT2D eigenvalue weighted by Gasteiger charge is 2.21. The lowest BCUT2D eigenvalue weighted by atomic mass is 10.1. The van der Waals surface area contributed by atoms with Gasteiger partial charge in [0.25, 0.3) is 0 Å². The van der Waals surface area contributed by atoms with Gasteiger partial charge < -0.3 is 13.7 Å². The predicted molar refractivity (Wildman–Crippen MR) is 120 cm³/mol. The molecule has 3 aromatic heterocycles. The topological polar surface area (TPSA) is 74.3 Å². The van der Waals surface area contributed by atoms with Gasteiger partial charge in [-0.1, -0.05) is 42.5 Å². The molecule has 154 valence electrons. The molecule has 6 nitrogen and oxygen atoms in total. The lowest BCUT2D eigenvalue weighted by molar-refractivity contribution is 0.0525. The number of pyridine rings is 1. The van der Waals surface area contributed by atoms with Crippen LogP contribution in [0.25, 0.3) is 33.1 Å². The molecule has 0 saturated heterocycles. The highest BCUT2D eigenvalue weighted by Crippen LogP contribution is 2.30. The second-order valence-electron chi connectivity index (χ2n) is 7.39. The standard InChI is InChI=1S/C25H20N2O4/c1-3-30-25(29)18-13-19-22(28)21-23(31-24(19)26-15(18)2)17-11-7-8-12-20(17)27(21)14-16-9-5-4-6-10-16/h4-13H,3,14H2,1-2H3. The number of rotatable bonds is 4. The molecule has 0 fully saturated rings. The maximum Gasteiger partial charge on any atom is 0.339 e. The average Bonchev–Trinajstić information content (AvgIpc) is 3.08. The fraction of sp³-hybridized carbons (Fsp3) is 0.160. The monoisotopic (exact) mass is 412 g/mol. The highest BCUT2D eigenvalue weighted by molar-refractivity contribution is 6.07. The second kappa shape index (κ2) is 7.40. The van der Waals surface area contributed by atoms with Crippen LogP contribution >= 0.6 is 0 Å². The summed E-state index contributed by atoms with van der Waals surface area (Å²) in [5.41, 5.74) is 3.65. The molecular formula is C25H20N2O4. The van der Waals surface area contributed by atoms with E-state index in [1.165, 1.54) is 6.07 Å². The summed E-state index contributed by atoms with van der Waals surface area (Å²) in [6.07, 6.45) is 0. The van der Waals surface area contributed by atoms with Crippen LogP contribution in [0.15, 0.2) is 69.9 Å². The molecule has 3 heterocycles. The van der Waals surface area contributed by atoms with Crippen LogP contribution < -0.4 is 5.43 Å². The summed E-state index contributed by atoms with van der Waals surface area (Å²) in [5.74, 6) is -0.501. The number of hydrogen-bond donors (Lipinski definition) is 0. The van der Waals surface area contributed by atoms with Crippen LogP contribution in [0.4, 0.5) is 0 Å². The third-order valence-electron chi connectivity index (χ3n) is 5.44. The van der Waals surface area contributed by atoms with E-state index in [0.29, 0.717) is 23.3 Å². The van der Waals surface area contributed by atoms with Crippen molar-refractivity contribution in [3.05, 3.63) is 87.7 Å². The molecule has 0 saturated carbocycles. The summed E-state index contributed by atoms with van der Waals surface area (Å²) in [5, 5.41) is 1.11. The van der Waals surface area contributed by atoms with Gasteiger partial charge >= 0.3 is 5.97 Å². The van der Waals surface area contributed by atoms with Crippen LogP contribution in [-0.2, 0) is 11.3 Å². The largest absolute Gasteiger partial charge is 0.462 e. The van der Waals surface area contributed by atoms with Gasteiger partial charge in [-0.05, 0) is 37.6 Å². The fourth-order valence-electron chi connectivity index (χ4n) is 3.99. The van der Waals surface area contributed by atoms with Gasteiger partial charge in [0.2, 0.25) is 11.1 Å². The van der Waals surface area contributed by atoms with E-state index in [1.807, 2.05) is 59.2 Å². The quantitative estimate of drug-likeness (QED) is 0.395. The first-order chi connectivity index (χ1) is 15.1. The van der Waals surface area contributed by atoms with Crippen molar-refractivity contribution >= 4 is 39.1 Å². The number of hydrogen-bond acceptors (Lipinski definition) is 5. The number of benzene rings is 2. The molecular weight excluding hydrogens is 392 g/mol. The maximum atomic E-state index is 13.6. The molecule has 0 aliphatic heterocycles. The molecule has 2 aromatic carbocycles. The molecule has 0 radical (unpaired) electrons. The van der Waals surface area contributed by atoms with Crippen molar-refractivity contribution in [3.8, 4) is 0 Å². The molecule has 0 spiro atoms. The Bertz CT molecular complexity index is 1510.